The van der Waals surface area contributed by atoms with Crippen LogP contribution in [0.2, 0.25) is 5.02 Å². The van der Waals surface area contributed by atoms with Gasteiger partial charge >= 0.3 is 0 Å². The fraction of sp³-hybridized carbons (Fsp3) is 0.500. The Bertz CT molecular complexity index is 568. The lowest BCUT2D eigenvalue weighted by molar-refractivity contribution is -0.0118. The molecular weight excluding hydrogens is 263 g/mol. The van der Waals surface area contributed by atoms with Crippen molar-refractivity contribution in [2.24, 2.45) is 0 Å². The minimum Gasteiger partial charge on any atom is -0.383 e. The number of halogens is 2. The molecule has 1 nitrogen and oxygen atoms in total. The number of hydrogen-bond acceptors (Lipinski definition) is 1. The third-order valence-electron chi connectivity index (χ3n) is 4.93. The van der Waals surface area contributed by atoms with Gasteiger partial charge in [-0.3, -0.25) is 0 Å². The summed E-state index contributed by atoms with van der Waals surface area (Å²) in [7, 11) is 0. The van der Waals surface area contributed by atoms with Gasteiger partial charge in [0.2, 0.25) is 0 Å². The van der Waals surface area contributed by atoms with E-state index < -0.39 is 5.60 Å². The Balaban J connectivity index is 2.16. The fourth-order valence-electron chi connectivity index (χ4n) is 3.58. The second-order valence-corrected chi connectivity index (χ2v) is 6.43. The van der Waals surface area contributed by atoms with E-state index in [2.05, 4.69) is 6.07 Å². The van der Waals surface area contributed by atoms with Crippen LogP contribution in [0.3, 0.4) is 0 Å². The minimum atomic E-state index is -1.20. The van der Waals surface area contributed by atoms with E-state index in [1.165, 1.54) is 0 Å². The van der Waals surface area contributed by atoms with Gasteiger partial charge in [-0.2, -0.15) is 0 Å². The molecule has 0 aromatic heterocycles. The van der Waals surface area contributed by atoms with E-state index in [1.54, 1.807) is 6.08 Å². The fourth-order valence-corrected chi connectivity index (χ4v) is 3.74. The summed E-state index contributed by atoms with van der Waals surface area (Å²) in [5, 5.41) is 10.9. The third kappa shape index (κ3) is 1.77. The van der Waals surface area contributed by atoms with Crippen LogP contribution in [0.25, 0.3) is 0 Å². The molecular formula is C16H18ClFO. The Kier molecular flexibility index (Phi) is 2.81. The van der Waals surface area contributed by atoms with Crippen molar-refractivity contribution in [3.05, 3.63) is 45.7 Å². The molecule has 0 aliphatic heterocycles. The number of rotatable bonds is 1. The Morgan fingerprint density at radius 1 is 1.16 bits per heavy atom. The first-order chi connectivity index (χ1) is 8.88. The molecule has 2 bridgehead atoms. The van der Waals surface area contributed by atoms with Gasteiger partial charge in [0, 0.05) is 10.4 Å². The van der Waals surface area contributed by atoms with Crippen LogP contribution >= 0.6 is 11.6 Å². The van der Waals surface area contributed by atoms with Gasteiger partial charge in [0.15, 0.2) is 0 Å². The summed E-state index contributed by atoms with van der Waals surface area (Å²) in [6, 6.07) is 4.07. The molecule has 1 fully saturated rings. The normalized spacial score (nSPS) is 33.4. The predicted molar refractivity (Wildman–Crippen MR) is 75.2 cm³/mol. The molecule has 0 saturated heterocycles. The van der Waals surface area contributed by atoms with Crippen LogP contribution in [0, 0.1) is 13.8 Å². The number of fused-ring (bicyclic) bond motifs is 2. The van der Waals surface area contributed by atoms with Crippen LogP contribution in [0.15, 0.2) is 24.0 Å². The third-order valence-corrected chi connectivity index (χ3v) is 5.51. The summed E-state index contributed by atoms with van der Waals surface area (Å²) in [6.07, 6.45) is 4.21. The summed E-state index contributed by atoms with van der Waals surface area (Å²) in [5.74, 6) is -0.360. The van der Waals surface area contributed by atoms with E-state index in [0.717, 1.165) is 34.6 Å². The molecule has 1 N–H and O–H groups in total. The van der Waals surface area contributed by atoms with Crippen LogP contribution in [-0.4, -0.2) is 10.7 Å². The molecule has 3 aliphatic carbocycles. The lowest BCUT2D eigenvalue weighted by atomic mass is 9.59. The van der Waals surface area contributed by atoms with Crippen molar-refractivity contribution in [3.8, 4) is 0 Å². The highest BCUT2D eigenvalue weighted by atomic mass is 35.5. The van der Waals surface area contributed by atoms with E-state index in [-0.39, 0.29) is 11.2 Å². The van der Waals surface area contributed by atoms with Gasteiger partial charge in [-0.25, -0.2) is 4.39 Å². The van der Waals surface area contributed by atoms with Gasteiger partial charge in [0.25, 0.3) is 0 Å². The Morgan fingerprint density at radius 3 is 2.37 bits per heavy atom. The van der Waals surface area contributed by atoms with Crippen molar-refractivity contribution < 1.29 is 9.50 Å². The van der Waals surface area contributed by atoms with Crippen molar-refractivity contribution >= 4 is 11.6 Å². The molecule has 3 aliphatic rings. The molecule has 19 heavy (non-hydrogen) atoms. The van der Waals surface area contributed by atoms with E-state index in [4.69, 9.17) is 11.6 Å². The van der Waals surface area contributed by atoms with Crippen molar-refractivity contribution in [3.63, 3.8) is 0 Å². The zero-order valence-electron chi connectivity index (χ0n) is 11.3. The molecule has 0 spiro atoms. The number of allylic oxidation sites excluding steroid dienone is 1. The molecule has 1 aromatic rings. The van der Waals surface area contributed by atoms with Crippen molar-refractivity contribution in [1.82, 2.24) is 0 Å². The second-order valence-electron chi connectivity index (χ2n) is 6.05. The number of benzene rings is 1. The van der Waals surface area contributed by atoms with Gasteiger partial charge in [-0.15, -0.1) is 0 Å². The molecule has 4 rings (SSSR count). The maximum Gasteiger partial charge on any atom is 0.128 e. The Morgan fingerprint density at radius 2 is 1.79 bits per heavy atom. The van der Waals surface area contributed by atoms with Gasteiger partial charge in [0.05, 0.1) is 0 Å². The highest BCUT2D eigenvalue weighted by molar-refractivity contribution is 6.32. The zero-order chi connectivity index (χ0) is 13.8. The molecule has 0 amide bonds. The summed E-state index contributed by atoms with van der Waals surface area (Å²) in [5.41, 5.74) is 1.71. The standard InChI is InChI=1S/C16H18ClFO/c1-10-3-4-12(11(2)14(10)17)15-5-7-16(19,8-6-15)13(18)9-15/h3-4,9,19H,5-8H2,1-2H3. The van der Waals surface area contributed by atoms with Crippen LogP contribution in [0.5, 0.6) is 0 Å². The molecule has 0 heterocycles. The molecule has 1 saturated carbocycles. The average Bonchev–Trinajstić information content (AvgIpc) is 2.38. The maximum atomic E-state index is 14.1. The highest BCUT2D eigenvalue weighted by Gasteiger charge is 2.50. The lowest BCUT2D eigenvalue weighted by Crippen LogP contribution is -2.46. The monoisotopic (exact) mass is 280 g/mol. The van der Waals surface area contributed by atoms with Crippen molar-refractivity contribution in [2.45, 2.75) is 50.5 Å². The zero-order valence-corrected chi connectivity index (χ0v) is 12.0. The van der Waals surface area contributed by atoms with Gasteiger partial charge < -0.3 is 5.11 Å². The van der Waals surface area contributed by atoms with E-state index in [0.29, 0.717) is 12.8 Å². The van der Waals surface area contributed by atoms with Gasteiger partial charge in [-0.05, 0) is 62.3 Å². The summed E-state index contributed by atoms with van der Waals surface area (Å²) in [4.78, 5) is 0. The van der Waals surface area contributed by atoms with Crippen LogP contribution in [-0.2, 0) is 5.41 Å². The minimum absolute atomic E-state index is 0.282. The van der Waals surface area contributed by atoms with Crippen molar-refractivity contribution in [1.29, 1.82) is 0 Å². The Labute approximate surface area is 118 Å². The van der Waals surface area contributed by atoms with E-state index >= 15 is 0 Å². The second kappa shape index (κ2) is 4.07. The number of hydrogen-bond donors (Lipinski definition) is 1. The summed E-state index contributed by atoms with van der Waals surface area (Å²) < 4.78 is 14.1. The Hall–Kier alpha value is -0.860. The van der Waals surface area contributed by atoms with E-state index in [9.17, 15) is 9.50 Å². The molecule has 0 unspecified atom stereocenters. The van der Waals surface area contributed by atoms with Crippen molar-refractivity contribution in [2.75, 3.05) is 0 Å². The smallest absolute Gasteiger partial charge is 0.128 e. The summed E-state index contributed by atoms with van der Waals surface area (Å²) >= 11 is 6.33. The van der Waals surface area contributed by atoms with Gasteiger partial charge in [0.1, 0.15) is 11.4 Å². The largest absolute Gasteiger partial charge is 0.383 e. The lowest BCUT2D eigenvalue weighted by Gasteiger charge is -2.48. The first kappa shape index (κ1) is 13.1. The average molecular weight is 281 g/mol. The highest BCUT2D eigenvalue weighted by Crippen LogP contribution is 2.53. The van der Waals surface area contributed by atoms with Crippen LogP contribution < -0.4 is 0 Å². The number of aliphatic hydroxyl groups is 1. The number of aryl methyl sites for hydroxylation is 1. The SMILES string of the molecule is Cc1ccc(C23C=C(F)C(O)(CC2)CC3)c(C)c1Cl. The quantitative estimate of drug-likeness (QED) is 0.810. The molecule has 1 aromatic carbocycles. The first-order valence-corrected chi connectivity index (χ1v) is 7.13. The van der Waals surface area contributed by atoms with Crippen LogP contribution in [0.1, 0.15) is 42.4 Å². The van der Waals surface area contributed by atoms with E-state index in [1.807, 2.05) is 19.9 Å². The van der Waals surface area contributed by atoms with Gasteiger partial charge in [-0.1, -0.05) is 23.7 Å². The topological polar surface area (TPSA) is 20.2 Å². The summed E-state index contributed by atoms with van der Waals surface area (Å²) in [6.45, 7) is 3.98. The molecule has 3 heteroatoms. The first-order valence-electron chi connectivity index (χ1n) is 6.75. The molecule has 0 atom stereocenters. The molecule has 0 radical (unpaired) electrons. The maximum absolute atomic E-state index is 14.1. The molecule has 102 valence electrons. The predicted octanol–water partition coefficient (Wildman–Crippen LogP) is 4.37. The van der Waals surface area contributed by atoms with Crippen LogP contribution in [0.4, 0.5) is 4.39 Å².